The highest BCUT2D eigenvalue weighted by Crippen LogP contribution is 2.26. The smallest absolute Gasteiger partial charge is 0.0962 e. The van der Waals surface area contributed by atoms with Crippen LogP contribution in [0.1, 0.15) is 17.0 Å². The van der Waals surface area contributed by atoms with Crippen LogP contribution in [0.2, 0.25) is 0 Å². The molecule has 2 rings (SSSR count). The van der Waals surface area contributed by atoms with Crippen LogP contribution in [0.4, 0.5) is 5.69 Å². The van der Waals surface area contributed by atoms with E-state index in [9.17, 15) is 5.26 Å². The minimum absolute atomic E-state index is 0.0343. The Kier molecular flexibility index (Phi) is 5.96. The van der Waals surface area contributed by atoms with Gasteiger partial charge in [-0.1, -0.05) is 42.5 Å². The Morgan fingerprint density at radius 1 is 0.864 bits per heavy atom. The molecule has 0 bridgehead atoms. The van der Waals surface area contributed by atoms with Crippen molar-refractivity contribution in [3.63, 3.8) is 0 Å². The van der Waals surface area contributed by atoms with E-state index in [1.165, 1.54) is 0 Å². The van der Waals surface area contributed by atoms with Gasteiger partial charge in [-0.25, -0.2) is 0 Å². The molecule has 0 saturated carbocycles. The number of benzene rings is 2. The topological polar surface area (TPSA) is 67.5 Å². The zero-order valence-corrected chi connectivity index (χ0v) is 12.4. The van der Waals surface area contributed by atoms with Crippen LogP contribution in [0.5, 0.6) is 0 Å². The second-order valence-corrected chi connectivity index (χ2v) is 5.00. The number of aliphatic hydroxyl groups excluding tert-OH is 2. The first kappa shape index (κ1) is 16.0. The van der Waals surface area contributed by atoms with Crippen LogP contribution in [0.15, 0.2) is 54.6 Å². The van der Waals surface area contributed by atoms with Gasteiger partial charge in [0.2, 0.25) is 0 Å². The van der Waals surface area contributed by atoms with Crippen LogP contribution in [-0.2, 0) is 0 Å². The number of rotatable bonds is 7. The minimum atomic E-state index is -0.292. The molecule has 1 atom stereocenters. The third kappa shape index (κ3) is 3.85. The molecule has 0 heterocycles. The number of anilines is 1. The summed E-state index contributed by atoms with van der Waals surface area (Å²) in [6, 6.07) is 19.7. The average molecular weight is 296 g/mol. The molecule has 114 valence electrons. The normalized spacial score (nSPS) is 11.7. The van der Waals surface area contributed by atoms with Crippen molar-refractivity contribution >= 4 is 5.69 Å². The number of hydrogen-bond donors (Lipinski definition) is 2. The summed E-state index contributed by atoms with van der Waals surface area (Å²) in [5.41, 5.74) is 2.84. The van der Waals surface area contributed by atoms with Gasteiger partial charge in [-0.3, -0.25) is 0 Å². The molecule has 22 heavy (non-hydrogen) atoms. The monoisotopic (exact) mass is 296 g/mol. The van der Waals surface area contributed by atoms with Gasteiger partial charge in [0.15, 0.2) is 0 Å². The van der Waals surface area contributed by atoms with Crippen molar-refractivity contribution in [2.45, 2.75) is 5.92 Å². The third-order valence-corrected chi connectivity index (χ3v) is 3.59. The Balaban J connectivity index is 2.22. The number of nitriles is 1. The van der Waals surface area contributed by atoms with Gasteiger partial charge in [0.05, 0.1) is 25.2 Å². The first-order valence-corrected chi connectivity index (χ1v) is 7.31. The SMILES string of the molecule is N#C[C@H](c1ccccc1)c1ccc(N(CCO)CCO)cc1. The zero-order chi connectivity index (χ0) is 15.8. The van der Waals surface area contributed by atoms with Crippen molar-refractivity contribution in [1.29, 1.82) is 5.26 Å². The van der Waals surface area contributed by atoms with Crippen LogP contribution in [0, 0.1) is 11.3 Å². The molecule has 0 aliphatic rings. The highest BCUT2D eigenvalue weighted by atomic mass is 16.3. The average Bonchev–Trinajstić information content (AvgIpc) is 2.57. The maximum absolute atomic E-state index is 9.45. The van der Waals surface area contributed by atoms with E-state index in [0.29, 0.717) is 13.1 Å². The lowest BCUT2D eigenvalue weighted by molar-refractivity contribution is 0.281. The quantitative estimate of drug-likeness (QED) is 0.821. The largest absolute Gasteiger partial charge is 0.395 e. The molecule has 0 aromatic heterocycles. The Bertz CT molecular complexity index is 599. The molecule has 0 spiro atoms. The molecule has 4 nitrogen and oxygen atoms in total. The minimum Gasteiger partial charge on any atom is -0.395 e. The van der Waals surface area contributed by atoms with E-state index >= 15 is 0 Å². The third-order valence-electron chi connectivity index (χ3n) is 3.59. The van der Waals surface area contributed by atoms with Crippen LogP contribution >= 0.6 is 0 Å². The van der Waals surface area contributed by atoms with Crippen molar-refractivity contribution in [2.75, 3.05) is 31.2 Å². The van der Waals surface area contributed by atoms with E-state index in [-0.39, 0.29) is 19.1 Å². The molecule has 2 N–H and O–H groups in total. The summed E-state index contributed by atoms with van der Waals surface area (Å²) in [7, 11) is 0. The predicted octanol–water partition coefficient (Wildman–Crippen LogP) is 2.13. The molecule has 0 amide bonds. The Hall–Kier alpha value is -2.35. The van der Waals surface area contributed by atoms with Crippen molar-refractivity contribution in [3.8, 4) is 6.07 Å². The van der Waals surface area contributed by atoms with E-state index in [1.54, 1.807) is 0 Å². The van der Waals surface area contributed by atoms with Crippen molar-refractivity contribution in [1.82, 2.24) is 0 Å². The van der Waals surface area contributed by atoms with E-state index in [0.717, 1.165) is 16.8 Å². The molecule has 2 aromatic rings. The van der Waals surface area contributed by atoms with E-state index < -0.39 is 0 Å². The maximum atomic E-state index is 9.45. The Morgan fingerprint density at radius 2 is 1.41 bits per heavy atom. The molecule has 0 aliphatic heterocycles. The molecule has 0 unspecified atom stereocenters. The molecule has 0 radical (unpaired) electrons. The molecular formula is C18H20N2O2. The van der Waals surface area contributed by atoms with Crippen LogP contribution < -0.4 is 4.90 Å². The lowest BCUT2D eigenvalue weighted by Gasteiger charge is -2.23. The van der Waals surface area contributed by atoms with Crippen molar-refractivity contribution < 1.29 is 10.2 Å². The number of hydrogen-bond acceptors (Lipinski definition) is 4. The standard InChI is InChI=1S/C18H20N2O2/c19-14-18(15-4-2-1-3-5-15)16-6-8-17(9-7-16)20(10-12-21)11-13-22/h1-9,18,21-22H,10-13H2/t18-/m1/s1. The maximum Gasteiger partial charge on any atom is 0.0962 e. The zero-order valence-electron chi connectivity index (χ0n) is 12.4. The molecule has 2 aromatic carbocycles. The second kappa shape index (κ2) is 8.18. The molecule has 4 heteroatoms. The van der Waals surface area contributed by atoms with Gasteiger partial charge in [0, 0.05) is 18.8 Å². The van der Waals surface area contributed by atoms with Gasteiger partial charge < -0.3 is 15.1 Å². The fourth-order valence-electron chi connectivity index (χ4n) is 2.48. The highest BCUT2D eigenvalue weighted by Gasteiger charge is 2.13. The van der Waals surface area contributed by atoms with Crippen LogP contribution in [0.3, 0.4) is 0 Å². The number of aliphatic hydroxyl groups is 2. The van der Waals surface area contributed by atoms with Crippen LogP contribution in [0.25, 0.3) is 0 Å². The van der Waals surface area contributed by atoms with Gasteiger partial charge >= 0.3 is 0 Å². The lowest BCUT2D eigenvalue weighted by atomic mass is 9.92. The molecule has 0 aliphatic carbocycles. The summed E-state index contributed by atoms with van der Waals surface area (Å²) in [5, 5.41) is 27.6. The van der Waals surface area contributed by atoms with E-state index in [4.69, 9.17) is 10.2 Å². The summed E-state index contributed by atoms with van der Waals surface area (Å²) in [6.07, 6.45) is 0. The fraction of sp³-hybridized carbons (Fsp3) is 0.278. The Labute approximate surface area is 130 Å². The predicted molar refractivity (Wildman–Crippen MR) is 86.7 cm³/mol. The molecule has 0 fully saturated rings. The van der Waals surface area contributed by atoms with Crippen LogP contribution in [-0.4, -0.2) is 36.5 Å². The summed E-state index contributed by atoms with van der Waals surface area (Å²) in [4.78, 5) is 1.91. The second-order valence-electron chi connectivity index (χ2n) is 5.00. The lowest BCUT2D eigenvalue weighted by Crippen LogP contribution is -2.29. The fourth-order valence-corrected chi connectivity index (χ4v) is 2.48. The highest BCUT2D eigenvalue weighted by molar-refractivity contribution is 5.50. The van der Waals surface area contributed by atoms with Gasteiger partial charge in [-0.15, -0.1) is 0 Å². The van der Waals surface area contributed by atoms with Gasteiger partial charge in [0.25, 0.3) is 0 Å². The van der Waals surface area contributed by atoms with Gasteiger partial charge in [0.1, 0.15) is 0 Å². The summed E-state index contributed by atoms with van der Waals surface area (Å²) in [5.74, 6) is -0.292. The first-order valence-electron chi connectivity index (χ1n) is 7.31. The van der Waals surface area contributed by atoms with E-state index in [1.807, 2.05) is 59.5 Å². The molecular weight excluding hydrogens is 276 g/mol. The van der Waals surface area contributed by atoms with E-state index in [2.05, 4.69) is 6.07 Å². The first-order chi connectivity index (χ1) is 10.8. The summed E-state index contributed by atoms with van der Waals surface area (Å²) >= 11 is 0. The number of nitrogens with zero attached hydrogens (tertiary/aromatic N) is 2. The van der Waals surface area contributed by atoms with Crippen molar-refractivity contribution in [2.24, 2.45) is 0 Å². The molecule has 0 saturated heterocycles. The summed E-state index contributed by atoms with van der Waals surface area (Å²) < 4.78 is 0. The summed E-state index contributed by atoms with van der Waals surface area (Å²) in [6.45, 7) is 1.01. The van der Waals surface area contributed by atoms with Gasteiger partial charge in [-0.05, 0) is 23.3 Å². The van der Waals surface area contributed by atoms with Crippen molar-refractivity contribution in [3.05, 3.63) is 65.7 Å². The van der Waals surface area contributed by atoms with Gasteiger partial charge in [-0.2, -0.15) is 5.26 Å². The Morgan fingerprint density at radius 3 is 1.91 bits per heavy atom.